The van der Waals surface area contributed by atoms with Crippen LogP contribution in [-0.4, -0.2) is 0 Å². The second-order valence-electron chi connectivity index (χ2n) is 7.12. The Morgan fingerprint density at radius 3 is 2.07 bits per heavy atom. The Balaban J connectivity index is 1.75. The van der Waals surface area contributed by atoms with Crippen LogP contribution in [0.2, 0.25) is 0 Å². The second kappa shape index (κ2) is 7.47. The van der Waals surface area contributed by atoms with E-state index in [-0.39, 0.29) is 16.9 Å². The van der Waals surface area contributed by atoms with Crippen molar-refractivity contribution in [1.82, 2.24) is 0 Å². The molecule has 148 valence electrons. The second-order valence-corrected chi connectivity index (χ2v) is 7.12. The van der Waals surface area contributed by atoms with Crippen LogP contribution in [0.5, 0.6) is 0 Å². The van der Waals surface area contributed by atoms with Gasteiger partial charge in [-0.3, -0.25) is 0 Å². The van der Waals surface area contributed by atoms with Crippen LogP contribution in [0.1, 0.15) is 35.6 Å². The van der Waals surface area contributed by atoms with Gasteiger partial charge in [-0.05, 0) is 77.4 Å². The molecule has 0 radical (unpaired) electrons. The summed E-state index contributed by atoms with van der Waals surface area (Å²) >= 11 is 0. The highest BCUT2D eigenvalue weighted by Crippen LogP contribution is 2.36. The highest BCUT2D eigenvalue weighted by atomic mass is 19.2. The van der Waals surface area contributed by atoms with E-state index in [0.29, 0.717) is 24.0 Å². The number of aryl methyl sites for hydroxylation is 2. The third-order valence-electron chi connectivity index (χ3n) is 5.30. The van der Waals surface area contributed by atoms with Gasteiger partial charge >= 0.3 is 0 Å². The van der Waals surface area contributed by atoms with E-state index >= 15 is 0 Å². The van der Waals surface area contributed by atoms with Gasteiger partial charge in [-0.1, -0.05) is 25.1 Å². The van der Waals surface area contributed by atoms with Crippen molar-refractivity contribution >= 4 is 11.6 Å². The zero-order valence-corrected chi connectivity index (χ0v) is 15.6. The smallest absolute Gasteiger partial charge is 0.194 e. The molecule has 0 saturated carbocycles. The molecule has 0 nitrogen and oxygen atoms in total. The molecule has 1 aliphatic rings. The van der Waals surface area contributed by atoms with Crippen molar-refractivity contribution in [3.05, 3.63) is 93.8 Å². The molecule has 0 heterocycles. The lowest BCUT2D eigenvalue weighted by atomic mass is 9.86. The number of fused-ring (bicyclic) bond motifs is 1. The molecule has 1 aliphatic carbocycles. The number of benzene rings is 3. The molecule has 4 rings (SSSR count). The maximum absolute atomic E-state index is 14.7. The summed E-state index contributed by atoms with van der Waals surface area (Å²) in [4.78, 5) is 0. The molecule has 0 fully saturated rings. The normalized spacial score (nSPS) is 13.2. The molecular weight excluding hydrogens is 383 g/mol. The fourth-order valence-electron chi connectivity index (χ4n) is 3.70. The molecule has 0 aliphatic heterocycles. The molecule has 0 amide bonds. The summed E-state index contributed by atoms with van der Waals surface area (Å²) in [5.74, 6) is -5.33. The van der Waals surface area contributed by atoms with Crippen molar-refractivity contribution in [2.45, 2.75) is 26.2 Å². The lowest BCUT2D eigenvalue weighted by molar-refractivity contribution is 0.447. The van der Waals surface area contributed by atoms with Crippen LogP contribution in [0.4, 0.5) is 22.0 Å². The molecule has 3 aromatic rings. The first-order chi connectivity index (χ1) is 13.9. The van der Waals surface area contributed by atoms with Crippen molar-refractivity contribution in [2.75, 3.05) is 0 Å². The van der Waals surface area contributed by atoms with Crippen molar-refractivity contribution in [3.63, 3.8) is 0 Å². The number of hydrogen-bond donors (Lipinski definition) is 0. The van der Waals surface area contributed by atoms with Crippen LogP contribution in [0.3, 0.4) is 0 Å². The third-order valence-corrected chi connectivity index (χ3v) is 5.30. The molecule has 5 heteroatoms. The van der Waals surface area contributed by atoms with Gasteiger partial charge in [0.15, 0.2) is 17.5 Å². The Kier molecular flexibility index (Phi) is 4.99. The lowest BCUT2D eigenvalue weighted by Gasteiger charge is -2.19. The first kappa shape index (κ1) is 19.4. The van der Waals surface area contributed by atoms with Gasteiger partial charge < -0.3 is 0 Å². The predicted octanol–water partition coefficient (Wildman–Crippen LogP) is 7.10. The zero-order valence-electron chi connectivity index (χ0n) is 15.6. The van der Waals surface area contributed by atoms with Gasteiger partial charge in [-0.15, -0.1) is 0 Å². The largest absolute Gasteiger partial charge is 0.206 e. The zero-order chi connectivity index (χ0) is 20.7. The number of allylic oxidation sites excluding steroid dienone is 1. The molecular formula is C24H17F5. The summed E-state index contributed by atoms with van der Waals surface area (Å²) in [5.41, 5.74) is 3.45. The Hall–Kier alpha value is -2.95. The molecule has 3 aromatic carbocycles. The Morgan fingerprint density at radius 1 is 0.724 bits per heavy atom. The van der Waals surface area contributed by atoms with Crippen LogP contribution in [0, 0.1) is 29.1 Å². The number of hydrogen-bond acceptors (Lipinski definition) is 0. The van der Waals surface area contributed by atoms with Crippen LogP contribution in [-0.2, 0) is 12.8 Å². The van der Waals surface area contributed by atoms with E-state index in [9.17, 15) is 22.0 Å². The van der Waals surface area contributed by atoms with Gasteiger partial charge in [0.1, 0.15) is 11.6 Å². The van der Waals surface area contributed by atoms with E-state index in [1.807, 2.05) is 13.0 Å². The summed E-state index contributed by atoms with van der Waals surface area (Å²) in [5, 5.41) is 0. The quantitative estimate of drug-likeness (QED) is 0.325. The molecule has 0 aromatic heterocycles. The Morgan fingerprint density at radius 2 is 1.41 bits per heavy atom. The van der Waals surface area contributed by atoms with Crippen LogP contribution < -0.4 is 0 Å². The van der Waals surface area contributed by atoms with Crippen LogP contribution >= 0.6 is 0 Å². The average molecular weight is 400 g/mol. The lowest BCUT2D eigenvalue weighted by Crippen LogP contribution is -2.03. The van der Waals surface area contributed by atoms with Gasteiger partial charge in [0.2, 0.25) is 0 Å². The maximum atomic E-state index is 14.7. The minimum atomic E-state index is -1.59. The van der Waals surface area contributed by atoms with Crippen molar-refractivity contribution in [3.8, 4) is 11.1 Å². The standard InChI is InChI=1S/C24H17F5/c1-2-13-3-6-18(20(25)7-13)15-5-4-14-9-19(21(26)10-16(14)8-15)17-11-22(27)24(29)23(28)12-17/h3,6-12H,2,4-5H2,1H3. The SMILES string of the molecule is CCc1ccc(C2=Cc3cc(F)c(-c4cc(F)c(F)c(F)c4)cc3CC2)c(F)c1. The average Bonchev–Trinajstić information content (AvgIpc) is 2.70. The third kappa shape index (κ3) is 3.57. The summed E-state index contributed by atoms with van der Waals surface area (Å²) in [6.45, 7) is 1.95. The van der Waals surface area contributed by atoms with Crippen LogP contribution in [0.25, 0.3) is 22.8 Å². The first-order valence-electron chi connectivity index (χ1n) is 9.34. The minimum absolute atomic E-state index is 0.00289. The number of rotatable bonds is 3. The van der Waals surface area contributed by atoms with Gasteiger partial charge in [0, 0.05) is 11.1 Å². The van der Waals surface area contributed by atoms with Gasteiger partial charge in [-0.2, -0.15) is 0 Å². The minimum Gasteiger partial charge on any atom is -0.206 e. The summed E-state index contributed by atoms with van der Waals surface area (Å²) in [7, 11) is 0. The van der Waals surface area contributed by atoms with E-state index in [0.717, 1.165) is 35.3 Å². The molecule has 0 unspecified atom stereocenters. The van der Waals surface area contributed by atoms with Gasteiger partial charge in [-0.25, -0.2) is 22.0 Å². The fraction of sp³-hybridized carbons (Fsp3) is 0.167. The number of halogens is 5. The summed E-state index contributed by atoms with van der Waals surface area (Å²) in [6, 6.07) is 9.45. The molecule has 0 bridgehead atoms. The molecule has 0 saturated heterocycles. The topological polar surface area (TPSA) is 0 Å². The van der Waals surface area contributed by atoms with E-state index < -0.39 is 23.3 Å². The van der Waals surface area contributed by atoms with E-state index in [1.165, 1.54) is 18.2 Å². The molecule has 0 N–H and O–H groups in total. The van der Waals surface area contributed by atoms with Crippen molar-refractivity contribution in [1.29, 1.82) is 0 Å². The Labute approximate surface area is 165 Å². The highest BCUT2D eigenvalue weighted by molar-refractivity contribution is 5.85. The highest BCUT2D eigenvalue weighted by Gasteiger charge is 2.19. The van der Waals surface area contributed by atoms with Crippen molar-refractivity contribution in [2.24, 2.45) is 0 Å². The Bertz CT molecular complexity index is 1120. The van der Waals surface area contributed by atoms with Gasteiger partial charge in [0.25, 0.3) is 0 Å². The first-order valence-corrected chi connectivity index (χ1v) is 9.34. The van der Waals surface area contributed by atoms with E-state index in [2.05, 4.69) is 0 Å². The van der Waals surface area contributed by atoms with Crippen LogP contribution in [0.15, 0.2) is 42.5 Å². The van der Waals surface area contributed by atoms with E-state index in [4.69, 9.17) is 0 Å². The molecule has 29 heavy (non-hydrogen) atoms. The molecule has 0 atom stereocenters. The summed E-state index contributed by atoms with van der Waals surface area (Å²) in [6.07, 6.45) is 3.54. The fourth-order valence-corrected chi connectivity index (χ4v) is 3.70. The monoisotopic (exact) mass is 400 g/mol. The molecule has 0 spiro atoms. The predicted molar refractivity (Wildman–Crippen MR) is 104 cm³/mol. The van der Waals surface area contributed by atoms with E-state index in [1.54, 1.807) is 12.1 Å². The van der Waals surface area contributed by atoms with Gasteiger partial charge in [0.05, 0.1) is 0 Å². The van der Waals surface area contributed by atoms with Crippen molar-refractivity contribution < 1.29 is 22.0 Å². The maximum Gasteiger partial charge on any atom is 0.194 e. The summed E-state index contributed by atoms with van der Waals surface area (Å²) < 4.78 is 69.4.